The summed E-state index contributed by atoms with van der Waals surface area (Å²) >= 11 is 5.87. The van der Waals surface area contributed by atoms with Crippen molar-refractivity contribution in [3.05, 3.63) is 53.3 Å². The van der Waals surface area contributed by atoms with Crippen molar-refractivity contribution < 1.29 is 4.74 Å². The zero-order chi connectivity index (χ0) is 14.4. The molecular formula is C16H19ClN2O. The minimum absolute atomic E-state index is 0.618. The van der Waals surface area contributed by atoms with Crippen molar-refractivity contribution in [2.45, 2.75) is 20.4 Å². The molecule has 0 amide bonds. The van der Waals surface area contributed by atoms with E-state index in [-0.39, 0.29) is 0 Å². The predicted octanol–water partition coefficient (Wildman–Crippen LogP) is 4.27. The first-order valence-electron chi connectivity index (χ1n) is 6.72. The van der Waals surface area contributed by atoms with Crippen molar-refractivity contribution in [3.8, 4) is 11.5 Å². The van der Waals surface area contributed by atoms with Crippen molar-refractivity contribution in [3.63, 3.8) is 0 Å². The molecule has 4 heteroatoms. The maximum Gasteiger partial charge on any atom is 0.134 e. The molecule has 0 aliphatic rings. The van der Waals surface area contributed by atoms with Crippen LogP contribution in [0.2, 0.25) is 5.02 Å². The summed E-state index contributed by atoms with van der Waals surface area (Å²) in [7, 11) is 0. The summed E-state index contributed by atoms with van der Waals surface area (Å²) in [6.45, 7) is 6.08. The van der Waals surface area contributed by atoms with Crippen LogP contribution in [0.3, 0.4) is 0 Å². The number of hydrogen-bond acceptors (Lipinski definition) is 3. The van der Waals surface area contributed by atoms with E-state index in [0.717, 1.165) is 30.2 Å². The van der Waals surface area contributed by atoms with Gasteiger partial charge in [0.2, 0.25) is 0 Å². The van der Waals surface area contributed by atoms with Crippen LogP contribution in [-0.2, 0) is 6.54 Å². The van der Waals surface area contributed by atoms with Crippen LogP contribution in [-0.4, -0.2) is 11.5 Å². The third kappa shape index (κ3) is 4.51. The molecular weight excluding hydrogens is 272 g/mol. The summed E-state index contributed by atoms with van der Waals surface area (Å²) in [6, 6.07) is 9.21. The van der Waals surface area contributed by atoms with Gasteiger partial charge in [0.25, 0.3) is 0 Å². The number of nitrogens with zero attached hydrogens (tertiary/aromatic N) is 1. The molecule has 3 nitrogen and oxygen atoms in total. The van der Waals surface area contributed by atoms with Gasteiger partial charge in [-0.15, -0.1) is 0 Å². The normalized spacial score (nSPS) is 10.8. The molecule has 20 heavy (non-hydrogen) atoms. The average Bonchev–Trinajstić information content (AvgIpc) is 2.43. The molecule has 1 aromatic heterocycles. The summed E-state index contributed by atoms with van der Waals surface area (Å²) in [5.41, 5.74) is 1.04. The first-order chi connectivity index (χ1) is 9.65. The molecule has 0 fully saturated rings. The van der Waals surface area contributed by atoms with Gasteiger partial charge in [0, 0.05) is 29.5 Å². The molecule has 1 heterocycles. The third-order valence-electron chi connectivity index (χ3n) is 2.77. The summed E-state index contributed by atoms with van der Waals surface area (Å²) in [6.07, 6.45) is 3.57. The summed E-state index contributed by atoms with van der Waals surface area (Å²) in [4.78, 5) is 4.16. The fourth-order valence-corrected chi connectivity index (χ4v) is 1.90. The fraction of sp³-hybridized carbons (Fsp3) is 0.312. The molecule has 0 unspecified atom stereocenters. The summed E-state index contributed by atoms with van der Waals surface area (Å²) in [5, 5.41) is 4.10. The van der Waals surface area contributed by atoms with Crippen LogP contribution in [0, 0.1) is 5.92 Å². The standard InChI is InChI=1S/C16H19ClN2O/c1-12(2)9-19-11-13-10-18-8-7-16(13)20-15-5-3-14(17)4-6-15/h3-8,10,12,19H,9,11H2,1-2H3. The highest BCUT2D eigenvalue weighted by molar-refractivity contribution is 6.30. The Hall–Kier alpha value is -1.58. The third-order valence-corrected chi connectivity index (χ3v) is 3.02. The minimum atomic E-state index is 0.618. The van der Waals surface area contributed by atoms with E-state index in [1.54, 1.807) is 6.20 Å². The summed E-state index contributed by atoms with van der Waals surface area (Å²) < 4.78 is 5.88. The second-order valence-electron chi connectivity index (χ2n) is 5.06. The number of rotatable bonds is 6. The van der Waals surface area contributed by atoms with E-state index in [4.69, 9.17) is 16.3 Å². The van der Waals surface area contributed by atoms with E-state index in [1.165, 1.54) is 0 Å². The van der Waals surface area contributed by atoms with Crippen LogP contribution < -0.4 is 10.1 Å². The van der Waals surface area contributed by atoms with Crippen LogP contribution in [0.1, 0.15) is 19.4 Å². The lowest BCUT2D eigenvalue weighted by Crippen LogP contribution is -2.19. The van der Waals surface area contributed by atoms with Gasteiger partial charge >= 0.3 is 0 Å². The van der Waals surface area contributed by atoms with Crippen LogP contribution in [0.4, 0.5) is 0 Å². The van der Waals surface area contributed by atoms with Crippen LogP contribution in [0.5, 0.6) is 11.5 Å². The predicted molar refractivity (Wildman–Crippen MR) is 82.3 cm³/mol. The van der Waals surface area contributed by atoms with E-state index in [2.05, 4.69) is 24.1 Å². The summed E-state index contributed by atoms with van der Waals surface area (Å²) in [5.74, 6) is 2.21. The topological polar surface area (TPSA) is 34.2 Å². The van der Waals surface area contributed by atoms with Gasteiger partial charge in [0.05, 0.1) is 0 Å². The number of halogens is 1. The Morgan fingerprint density at radius 3 is 2.65 bits per heavy atom. The zero-order valence-corrected chi connectivity index (χ0v) is 12.5. The molecule has 0 aliphatic heterocycles. The van der Waals surface area contributed by atoms with Gasteiger partial charge < -0.3 is 10.1 Å². The van der Waals surface area contributed by atoms with E-state index >= 15 is 0 Å². The van der Waals surface area contributed by atoms with Gasteiger partial charge in [-0.2, -0.15) is 0 Å². The van der Waals surface area contributed by atoms with E-state index in [9.17, 15) is 0 Å². The smallest absolute Gasteiger partial charge is 0.134 e. The van der Waals surface area contributed by atoms with Crippen LogP contribution >= 0.6 is 11.6 Å². The molecule has 0 saturated carbocycles. The Balaban J connectivity index is 2.05. The quantitative estimate of drug-likeness (QED) is 0.862. The average molecular weight is 291 g/mol. The SMILES string of the molecule is CC(C)CNCc1cnccc1Oc1ccc(Cl)cc1. The number of pyridine rings is 1. The molecule has 0 bridgehead atoms. The van der Waals surface area contributed by atoms with Crippen LogP contribution in [0.25, 0.3) is 0 Å². The van der Waals surface area contributed by atoms with E-state index in [0.29, 0.717) is 10.9 Å². The molecule has 0 radical (unpaired) electrons. The molecule has 2 rings (SSSR count). The molecule has 2 aromatic rings. The minimum Gasteiger partial charge on any atom is -0.457 e. The number of benzene rings is 1. The highest BCUT2D eigenvalue weighted by Crippen LogP contribution is 2.25. The zero-order valence-electron chi connectivity index (χ0n) is 11.8. The van der Waals surface area contributed by atoms with Crippen molar-refractivity contribution in [1.29, 1.82) is 0 Å². The van der Waals surface area contributed by atoms with E-state index < -0.39 is 0 Å². The fourth-order valence-electron chi connectivity index (χ4n) is 1.77. The van der Waals surface area contributed by atoms with Crippen molar-refractivity contribution in [2.75, 3.05) is 6.54 Å². The van der Waals surface area contributed by atoms with Gasteiger partial charge in [0.1, 0.15) is 11.5 Å². The second kappa shape index (κ2) is 7.27. The maximum absolute atomic E-state index is 5.88. The molecule has 0 atom stereocenters. The first-order valence-corrected chi connectivity index (χ1v) is 7.10. The van der Waals surface area contributed by atoms with Gasteiger partial charge in [-0.25, -0.2) is 0 Å². The highest BCUT2D eigenvalue weighted by Gasteiger charge is 2.05. The molecule has 106 valence electrons. The molecule has 1 N–H and O–H groups in total. The lowest BCUT2D eigenvalue weighted by molar-refractivity contribution is 0.468. The lowest BCUT2D eigenvalue weighted by atomic mass is 10.2. The van der Waals surface area contributed by atoms with Crippen molar-refractivity contribution in [2.24, 2.45) is 5.92 Å². The Kier molecular flexibility index (Phi) is 5.39. The number of nitrogens with one attached hydrogen (secondary N) is 1. The monoisotopic (exact) mass is 290 g/mol. The Morgan fingerprint density at radius 1 is 1.20 bits per heavy atom. The molecule has 1 aromatic carbocycles. The van der Waals surface area contributed by atoms with Crippen LogP contribution in [0.15, 0.2) is 42.7 Å². The van der Waals surface area contributed by atoms with E-state index in [1.807, 2.05) is 36.5 Å². The van der Waals surface area contributed by atoms with Gasteiger partial charge in [-0.1, -0.05) is 25.4 Å². The Bertz CT molecular complexity index is 540. The Labute approximate surface area is 124 Å². The number of ether oxygens (including phenoxy) is 1. The Morgan fingerprint density at radius 2 is 1.95 bits per heavy atom. The van der Waals surface area contributed by atoms with Gasteiger partial charge in [-0.05, 0) is 42.8 Å². The largest absolute Gasteiger partial charge is 0.457 e. The molecule has 0 saturated heterocycles. The van der Waals surface area contributed by atoms with Gasteiger partial charge in [-0.3, -0.25) is 4.98 Å². The lowest BCUT2D eigenvalue weighted by Gasteiger charge is -2.12. The van der Waals surface area contributed by atoms with Crippen molar-refractivity contribution >= 4 is 11.6 Å². The maximum atomic E-state index is 5.88. The van der Waals surface area contributed by atoms with Crippen molar-refractivity contribution in [1.82, 2.24) is 10.3 Å². The second-order valence-corrected chi connectivity index (χ2v) is 5.50. The molecule has 0 aliphatic carbocycles. The number of hydrogen-bond donors (Lipinski definition) is 1. The molecule has 0 spiro atoms. The number of aromatic nitrogens is 1. The first kappa shape index (κ1) is 14.8. The van der Waals surface area contributed by atoms with Gasteiger partial charge in [0.15, 0.2) is 0 Å². The highest BCUT2D eigenvalue weighted by atomic mass is 35.5.